The van der Waals surface area contributed by atoms with Crippen LogP contribution in [0.25, 0.3) is 0 Å². The number of rotatable bonds is 7. The molecule has 0 fully saturated rings. The number of thioether (sulfide) groups is 1. The third-order valence-electron chi connectivity index (χ3n) is 3.24. The summed E-state index contributed by atoms with van der Waals surface area (Å²) in [5, 5.41) is 0. The van der Waals surface area contributed by atoms with E-state index in [0.29, 0.717) is 12.6 Å². The Morgan fingerprint density at radius 3 is 2.33 bits per heavy atom. The van der Waals surface area contributed by atoms with Gasteiger partial charge in [-0.25, -0.2) is 0 Å². The molecule has 2 N–H and O–H groups in total. The van der Waals surface area contributed by atoms with Crippen LogP contribution in [0.2, 0.25) is 0 Å². The molecule has 0 amide bonds. The van der Waals surface area contributed by atoms with Crippen LogP contribution in [-0.4, -0.2) is 37.0 Å². The van der Waals surface area contributed by atoms with Crippen LogP contribution >= 0.6 is 11.8 Å². The minimum atomic E-state index is 0.338. The summed E-state index contributed by atoms with van der Waals surface area (Å²) in [6.45, 7) is 6.09. The van der Waals surface area contributed by atoms with Crippen molar-refractivity contribution in [3.8, 4) is 0 Å². The third kappa shape index (κ3) is 4.63. The molecule has 3 heteroatoms. The molecule has 0 saturated heterocycles. The second-order valence-corrected chi connectivity index (χ2v) is 5.99. The van der Waals surface area contributed by atoms with E-state index in [1.54, 1.807) is 0 Å². The molecule has 0 heterocycles. The molecule has 0 aliphatic heterocycles. The van der Waals surface area contributed by atoms with E-state index >= 15 is 0 Å². The predicted molar refractivity (Wildman–Crippen MR) is 83.3 cm³/mol. The first kappa shape index (κ1) is 15.5. The average molecular weight is 266 g/mol. The standard InChI is InChI=1S/C15H26N2S/c1-12-8-13(2)10-14(9-12)15(11-16)17(3)6-5-7-18-4/h8-10,15H,5-7,11,16H2,1-4H3. The Morgan fingerprint density at radius 2 is 1.83 bits per heavy atom. The summed E-state index contributed by atoms with van der Waals surface area (Å²) < 4.78 is 0. The highest BCUT2D eigenvalue weighted by Gasteiger charge is 2.15. The summed E-state index contributed by atoms with van der Waals surface area (Å²) in [4.78, 5) is 2.38. The number of benzene rings is 1. The van der Waals surface area contributed by atoms with Crippen molar-refractivity contribution < 1.29 is 0 Å². The zero-order valence-electron chi connectivity index (χ0n) is 12.1. The highest BCUT2D eigenvalue weighted by Crippen LogP contribution is 2.21. The number of hydrogen-bond acceptors (Lipinski definition) is 3. The molecule has 0 aliphatic carbocycles. The molecule has 1 atom stereocenters. The Hall–Kier alpha value is -0.510. The van der Waals surface area contributed by atoms with Crippen molar-refractivity contribution in [2.24, 2.45) is 5.73 Å². The summed E-state index contributed by atoms with van der Waals surface area (Å²) in [6, 6.07) is 7.07. The van der Waals surface area contributed by atoms with Crippen molar-refractivity contribution in [1.29, 1.82) is 0 Å². The Bertz CT molecular complexity index is 345. The zero-order valence-corrected chi connectivity index (χ0v) is 12.9. The highest BCUT2D eigenvalue weighted by molar-refractivity contribution is 7.98. The molecule has 1 aromatic rings. The van der Waals surface area contributed by atoms with Crippen molar-refractivity contribution in [3.63, 3.8) is 0 Å². The van der Waals surface area contributed by atoms with Crippen LogP contribution in [0, 0.1) is 13.8 Å². The van der Waals surface area contributed by atoms with Gasteiger partial charge in [0.25, 0.3) is 0 Å². The molecular formula is C15H26N2S. The minimum Gasteiger partial charge on any atom is -0.329 e. The SMILES string of the molecule is CSCCCN(C)C(CN)c1cc(C)cc(C)c1. The molecular weight excluding hydrogens is 240 g/mol. The molecule has 2 nitrogen and oxygen atoms in total. The fourth-order valence-corrected chi connectivity index (χ4v) is 2.80. The largest absolute Gasteiger partial charge is 0.329 e. The first-order chi connectivity index (χ1) is 8.58. The van der Waals surface area contributed by atoms with Gasteiger partial charge in [-0.2, -0.15) is 11.8 Å². The van der Waals surface area contributed by atoms with Gasteiger partial charge in [-0.05, 0) is 51.4 Å². The van der Waals surface area contributed by atoms with Crippen LogP contribution in [0.4, 0.5) is 0 Å². The van der Waals surface area contributed by atoms with Crippen molar-refractivity contribution in [2.75, 3.05) is 32.1 Å². The summed E-state index contributed by atoms with van der Waals surface area (Å²) in [6.07, 6.45) is 3.38. The van der Waals surface area contributed by atoms with Crippen LogP contribution in [0.5, 0.6) is 0 Å². The Balaban J connectivity index is 2.74. The summed E-state index contributed by atoms with van der Waals surface area (Å²) in [5.74, 6) is 1.22. The van der Waals surface area contributed by atoms with Crippen molar-refractivity contribution in [3.05, 3.63) is 34.9 Å². The Labute approximate surface area is 116 Å². The van der Waals surface area contributed by atoms with Gasteiger partial charge < -0.3 is 5.73 Å². The maximum atomic E-state index is 5.96. The lowest BCUT2D eigenvalue weighted by molar-refractivity contribution is 0.251. The number of hydrogen-bond donors (Lipinski definition) is 1. The van der Waals surface area contributed by atoms with Gasteiger partial charge in [-0.1, -0.05) is 29.3 Å². The Kier molecular flexibility index (Phi) is 6.76. The molecule has 1 unspecified atom stereocenters. The fraction of sp³-hybridized carbons (Fsp3) is 0.600. The summed E-state index contributed by atoms with van der Waals surface area (Å²) >= 11 is 1.91. The highest BCUT2D eigenvalue weighted by atomic mass is 32.2. The minimum absolute atomic E-state index is 0.338. The first-order valence-corrected chi connectivity index (χ1v) is 7.95. The van der Waals surface area contributed by atoms with Gasteiger partial charge in [-0.15, -0.1) is 0 Å². The van der Waals surface area contributed by atoms with E-state index in [0.717, 1.165) is 6.54 Å². The van der Waals surface area contributed by atoms with Gasteiger partial charge in [-0.3, -0.25) is 4.90 Å². The first-order valence-electron chi connectivity index (χ1n) is 6.56. The van der Waals surface area contributed by atoms with Gasteiger partial charge >= 0.3 is 0 Å². The summed E-state index contributed by atoms with van der Waals surface area (Å²) in [7, 11) is 2.18. The smallest absolute Gasteiger partial charge is 0.0467 e. The molecule has 1 rings (SSSR count). The molecule has 0 bridgehead atoms. The maximum Gasteiger partial charge on any atom is 0.0467 e. The van der Waals surface area contributed by atoms with E-state index in [4.69, 9.17) is 5.73 Å². The number of likely N-dealkylation sites (N-methyl/N-ethyl adjacent to an activating group) is 1. The topological polar surface area (TPSA) is 29.3 Å². The van der Waals surface area contributed by atoms with Crippen LogP contribution in [0.1, 0.15) is 29.2 Å². The monoisotopic (exact) mass is 266 g/mol. The van der Waals surface area contributed by atoms with E-state index in [9.17, 15) is 0 Å². The average Bonchev–Trinajstić information content (AvgIpc) is 2.29. The molecule has 102 valence electrons. The zero-order chi connectivity index (χ0) is 13.5. The number of nitrogens with two attached hydrogens (primary N) is 1. The molecule has 1 aromatic carbocycles. The van der Waals surface area contributed by atoms with E-state index in [2.05, 4.69) is 50.2 Å². The quantitative estimate of drug-likeness (QED) is 0.769. The van der Waals surface area contributed by atoms with Crippen LogP contribution < -0.4 is 5.73 Å². The fourth-order valence-electron chi connectivity index (χ4n) is 2.39. The molecule has 0 aromatic heterocycles. The van der Waals surface area contributed by atoms with Crippen LogP contribution in [0.3, 0.4) is 0 Å². The second-order valence-electron chi connectivity index (χ2n) is 5.00. The van der Waals surface area contributed by atoms with Crippen molar-refractivity contribution in [1.82, 2.24) is 4.90 Å². The van der Waals surface area contributed by atoms with Crippen LogP contribution in [-0.2, 0) is 0 Å². The lowest BCUT2D eigenvalue weighted by Crippen LogP contribution is -2.31. The summed E-state index contributed by atoms with van der Waals surface area (Å²) in [5.41, 5.74) is 9.95. The van der Waals surface area contributed by atoms with Crippen LogP contribution in [0.15, 0.2) is 18.2 Å². The van der Waals surface area contributed by atoms with E-state index in [-0.39, 0.29) is 0 Å². The molecule has 0 saturated carbocycles. The molecule has 18 heavy (non-hydrogen) atoms. The predicted octanol–water partition coefficient (Wildman–Crippen LogP) is 2.99. The van der Waals surface area contributed by atoms with E-state index in [1.807, 2.05) is 11.8 Å². The lowest BCUT2D eigenvalue weighted by atomic mass is 10.0. The van der Waals surface area contributed by atoms with Gasteiger partial charge in [0, 0.05) is 12.6 Å². The third-order valence-corrected chi connectivity index (χ3v) is 3.94. The number of nitrogens with zero attached hydrogens (tertiary/aromatic N) is 1. The van der Waals surface area contributed by atoms with E-state index in [1.165, 1.54) is 28.9 Å². The van der Waals surface area contributed by atoms with Gasteiger partial charge in [0.1, 0.15) is 0 Å². The maximum absolute atomic E-state index is 5.96. The van der Waals surface area contributed by atoms with Crippen molar-refractivity contribution >= 4 is 11.8 Å². The number of aryl methyl sites for hydroxylation is 2. The Morgan fingerprint density at radius 1 is 1.22 bits per heavy atom. The lowest BCUT2D eigenvalue weighted by Gasteiger charge is -2.28. The second kappa shape index (κ2) is 7.82. The van der Waals surface area contributed by atoms with Gasteiger partial charge in [0.2, 0.25) is 0 Å². The molecule has 0 radical (unpaired) electrons. The van der Waals surface area contributed by atoms with E-state index < -0.39 is 0 Å². The molecule has 0 aliphatic rings. The normalized spacial score (nSPS) is 13.0. The van der Waals surface area contributed by atoms with Gasteiger partial charge in [0.05, 0.1) is 0 Å². The molecule has 0 spiro atoms. The van der Waals surface area contributed by atoms with Crippen molar-refractivity contribution in [2.45, 2.75) is 26.3 Å². The van der Waals surface area contributed by atoms with Gasteiger partial charge in [0.15, 0.2) is 0 Å².